The molecule has 1 aliphatic carbocycles. The standard InChI is InChI=1S/C16H16N4O/c1-11-7-8-13(10-18-11)16(21)20-19-14-6-2-4-12-5-3-9-17-15(12)14/h3,5,7-10H,2,4,6H2,1H3,(H,20,21)/b19-14+. The highest BCUT2D eigenvalue weighted by Gasteiger charge is 2.16. The number of rotatable bonds is 2. The molecule has 1 aliphatic rings. The number of carbonyl (C=O) groups excluding carboxylic acids is 1. The van der Waals surface area contributed by atoms with Crippen molar-refractivity contribution in [3.63, 3.8) is 0 Å². The van der Waals surface area contributed by atoms with E-state index in [0.29, 0.717) is 5.56 Å². The summed E-state index contributed by atoms with van der Waals surface area (Å²) in [6, 6.07) is 7.53. The van der Waals surface area contributed by atoms with Crippen molar-refractivity contribution in [2.75, 3.05) is 0 Å². The first-order valence-electron chi connectivity index (χ1n) is 6.98. The highest BCUT2D eigenvalue weighted by molar-refractivity contribution is 6.02. The van der Waals surface area contributed by atoms with E-state index in [9.17, 15) is 4.79 Å². The van der Waals surface area contributed by atoms with Crippen LogP contribution in [0.2, 0.25) is 0 Å². The average molecular weight is 280 g/mol. The monoisotopic (exact) mass is 280 g/mol. The van der Waals surface area contributed by atoms with E-state index in [-0.39, 0.29) is 5.91 Å². The van der Waals surface area contributed by atoms with Gasteiger partial charge in [-0.25, -0.2) is 5.43 Å². The van der Waals surface area contributed by atoms with Crippen LogP contribution in [-0.2, 0) is 6.42 Å². The van der Waals surface area contributed by atoms with Crippen molar-refractivity contribution >= 4 is 11.6 Å². The van der Waals surface area contributed by atoms with Crippen molar-refractivity contribution in [1.82, 2.24) is 15.4 Å². The smallest absolute Gasteiger partial charge is 0.267 e. The van der Waals surface area contributed by atoms with E-state index in [1.54, 1.807) is 24.5 Å². The summed E-state index contributed by atoms with van der Waals surface area (Å²) in [6.07, 6.45) is 6.18. The van der Waals surface area contributed by atoms with Crippen LogP contribution in [0.25, 0.3) is 0 Å². The Hall–Kier alpha value is -2.56. The van der Waals surface area contributed by atoms with Gasteiger partial charge in [0.1, 0.15) is 0 Å². The summed E-state index contributed by atoms with van der Waals surface area (Å²) in [7, 11) is 0. The first-order chi connectivity index (χ1) is 10.2. The molecule has 2 aromatic rings. The third-order valence-electron chi connectivity index (χ3n) is 3.49. The Morgan fingerprint density at radius 1 is 1.24 bits per heavy atom. The zero-order chi connectivity index (χ0) is 14.7. The van der Waals surface area contributed by atoms with E-state index in [2.05, 4.69) is 26.6 Å². The van der Waals surface area contributed by atoms with Crippen LogP contribution < -0.4 is 5.43 Å². The van der Waals surface area contributed by atoms with E-state index in [1.807, 2.05) is 13.0 Å². The van der Waals surface area contributed by atoms with Gasteiger partial charge in [0.25, 0.3) is 5.91 Å². The van der Waals surface area contributed by atoms with Gasteiger partial charge in [-0.05, 0) is 49.9 Å². The van der Waals surface area contributed by atoms with Crippen molar-refractivity contribution in [2.45, 2.75) is 26.2 Å². The minimum absolute atomic E-state index is 0.252. The lowest BCUT2D eigenvalue weighted by Gasteiger charge is -2.16. The van der Waals surface area contributed by atoms with Gasteiger partial charge in [-0.2, -0.15) is 5.10 Å². The molecule has 1 N–H and O–H groups in total. The number of pyridine rings is 2. The van der Waals surface area contributed by atoms with E-state index < -0.39 is 0 Å². The van der Waals surface area contributed by atoms with Crippen LogP contribution in [0.1, 0.15) is 40.2 Å². The van der Waals surface area contributed by atoms with Gasteiger partial charge >= 0.3 is 0 Å². The molecule has 2 aromatic heterocycles. The molecule has 2 heterocycles. The maximum atomic E-state index is 12.0. The number of fused-ring (bicyclic) bond motifs is 1. The number of hydrogen-bond donors (Lipinski definition) is 1. The van der Waals surface area contributed by atoms with Gasteiger partial charge in [-0.1, -0.05) is 6.07 Å². The van der Waals surface area contributed by atoms with Gasteiger partial charge in [0.2, 0.25) is 0 Å². The summed E-state index contributed by atoms with van der Waals surface area (Å²) in [4.78, 5) is 20.5. The molecule has 1 amide bonds. The Bertz CT molecular complexity index is 692. The number of aromatic nitrogens is 2. The number of nitrogens with zero attached hydrogens (tertiary/aromatic N) is 3. The topological polar surface area (TPSA) is 67.2 Å². The van der Waals surface area contributed by atoms with Crippen molar-refractivity contribution < 1.29 is 4.79 Å². The molecule has 0 saturated heterocycles. The summed E-state index contributed by atoms with van der Waals surface area (Å²) in [5.74, 6) is -0.252. The Kier molecular flexibility index (Phi) is 3.73. The maximum Gasteiger partial charge on any atom is 0.272 e. The molecule has 0 fully saturated rings. The summed E-state index contributed by atoms with van der Waals surface area (Å²) >= 11 is 0. The summed E-state index contributed by atoms with van der Waals surface area (Å²) in [5.41, 5.74) is 6.90. The van der Waals surface area contributed by atoms with E-state index in [1.165, 1.54) is 5.56 Å². The molecule has 5 heteroatoms. The van der Waals surface area contributed by atoms with Gasteiger partial charge in [0.15, 0.2) is 0 Å². The molecular weight excluding hydrogens is 264 g/mol. The third-order valence-corrected chi connectivity index (χ3v) is 3.49. The summed E-state index contributed by atoms with van der Waals surface area (Å²) in [6.45, 7) is 1.88. The third kappa shape index (κ3) is 2.97. The molecule has 0 spiro atoms. The molecule has 106 valence electrons. The molecule has 0 aliphatic heterocycles. The molecule has 3 rings (SSSR count). The van der Waals surface area contributed by atoms with Crippen LogP contribution in [0.3, 0.4) is 0 Å². The normalized spacial score (nSPS) is 15.6. The lowest BCUT2D eigenvalue weighted by molar-refractivity contribution is 0.0954. The highest BCUT2D eigenvalue weighted by Crippen LogP contribution is 2.19. The number of amides is 1. The first-order valence-corrected chi connectivity index (χ1v) is 6.98. The molecule has 0 radical (unpaired) electrons. The van der Waals surface area contributed by atoms with Crippen LogP contribution >= 0.6 is 0 Å². The fraction of sp³-hybridized carbons (Fsp3) is 0.250. The number of hydrazone groups is 1. The molecule has 5 nitrogen and oxygen atoms in total. The average Bonchev–Trinajstić information content (AvgIpc) is 2.53. The lowest BCUT2D eigenvalue weighted by atomic mass is 9.95. The molecular formula is C16H16N4O. The molecule has 0 atom stereocenters. The second-order valence-corrected chi connectivity index (χ2v) is 5.05. The fourth-order valence-electron chi connectivity index (χ4n) is 2.36. The zero-order valence-electron chi connectivity index (χ0n) is 11.8. The van der Waals surface area contributed by atoms with Crippen LogP contribution in [0.4, 0.5) is 0 Å². The van der Waals surface area contributed by atoms with Gasteiger partial charge < -0.3 is 0 Å². The predicted molar refractivity (Wildman–Crippen MR) is 80.2 cm³/mol. The first kappa shape index (κ1) is 13.4. The van der Waals surface area contributed by atoms with Crippen LogP contribution in [0.15, 0.2) is 41.8 Å². The van der Waals surface area contributed by atoms with Crippen molar-refractivity contribution in [2.24, 2.45) is 5.10 Å². The predicted octanol–water partition coefficient (Wildman–Crippen LogP) is 2.26. The molecule has 21 heavy (non-hydrogen) atoms. The fourth-order valence-corrected chi connectivity index (χ4v) is 2.36. The lowest BCUT2D eigenvalue weighted by Crippen LogP contribution is -2.23. The second kappa shape index (κ2) is 5.83. The Morgan fingerprint density at radius 2 is 2.14 bits per heavy atom. The highest BCUT2D eigenvalue weighted by atomic mass is 16.2. The number of nitrogens with one attached hydrogen (secondary N) is 1. The number of carbonyl (C=O) groups is 1. The molecule has 0 saturated carbocycles. The van der Waals surface area contributed by atoms with Gasteiger partial charge in [-0.3, -0.25) is 14.8 Å². The Labute approximate surface area is 123 Å². The molecule has 0 bridgehead atoms. The molecule has 0 aromatic carbocycles. The van der Waals surface area contributed by atoms with Gasteiger partial charge in [0, 0.05) is 18.1 Å². The minimum atomic E-state index is -0.252. The van der Waals surface area contributed by atoms with E-state index in [0.717, 1.165) is 36.4 Å². The Morgan fingerprint density at radius 3 is 2.95 bits per heavy atom. The Balaban J connectivity index is 1.78. The van der Waals surface area contributed by atoms with Crippen LogP contribution in [-0.4, -0.2) is 21.6 Å². The van der Waals surface area contributed by atoms with Crippen molar-refractivity contribution in [3.8, 4) is 0 Å². The van der Waals surface area contributed by atoms with Gasteiger partial charge in [0.05, 0.1) is 17.0 Å². The summed E-state index contributed by atoms with van der Waals surface area (Å²) in [5, 5.41) is 4.25. The largest absolute Gasteiger partial charge is 0.272 e. The minimum Gasteiger partial charge on any atom is -0.267 e. The SMILES string of the molecule is Cc1ccc(C(=O)N/N=C2\CCCc3cccnc32)cn1. The van der Waals surface area contributed by atoms with Gasteiger partial charge in [-0.15, -0.1) is 0 Å². The zero-order valence-corrected chi connectivity index (χ0v) is 11.8. The van der Waals surface area contributed by atoms with Crippen LogP contribution in [0.5, 0.6) is 0 Å². The molecule has 0 unspecified atom stereocenters. The number of aryl methyl sites for hydroxylation is 2. The van der Waals surface area contributed by atoms with Crippen molar-refractivity contribution in [1.29, 1.82) is 0 Å². The van der Waals surface area contributed by atoms with Crippen molar-refractivity contribution in [3.05, 3.63) is 59.2 Å². The van der Waals surface area contributed by atoms with E-state index >= 15 is 0 Å². The number of hydrogen-bond acceptors (Lipinski definition) is 4. The maximum absolute atomic E-state index is 12.0. The second-order valence-electron chi connectivity index (χ2n) is 5.05. The summed E-state index contributed by atoms with van der Waals surface area (Å²) < 4.78 is 0. The van der Waals surface area contributed by atoms with Crippen LogP contribution in [0, 0.1) is 6.92 Å². The quantitative estimate of drug-likeness (QED) is 0.858. The van der Waals surface area contributed by atoms with E-state index in [4.69, 9.17) is 0 Å².